The molecule has 2 amide bonds. The molecule has 8 heteroatoms. The van der Waals surface area contributed by atoms with E-state index in [1.54, 1.807) is 7.05 Å². The number of carbonyl (C=O) groups is 2. The molecule has 116 valence electrons. The highest BCUT2D eigenvalue weighted by atomic mass is 32.1. The molecule has 1 aliphatic rings. The summed E-state index contributed by atoms with van der Waals surface area (Å²) in [5.74, 6) is -0.207. The summed E-state index contributed by atoms with van der Waals surface area (Å²) in [6.45, 7) is 2.50. The lowest BCUT2D eigenvalue weighted by Crippen LogP contribution is -2.40. The third-order valence-corrected chi connectivity index (χ3v) is 4.14. The van der Waals surface area contributed by atoms with Crippen LogP contribution in [0.4, 0.5) is 10.9 Å². The number of nitrogen functional groups attached to an aromatic ring is 1. The fourth-order valence-electron chi connectivity index (χ4n) is 1.87. The number of hydrogen-bond donors (Lipinski definition) is 3. The predicted octanol–water partition coefficient (Wildman–Crippen LogP) is 0.898. The average molecular weight is 311 g/mol. The van der Waals surface area contributed by atoms with Crippen LogP contribution < -0.4 is 16.4 Å². The second kappa shape index (κ2) is 6.75. The Morgan fingerprint density at radius 2 is 2.19 bits per heavy atom. The number of nitrogens with zero attached hydrogens (tertiary/aromatic N) is 2. The minimum absolute atomic E-state index is 0.0336. The van der Waals surface area contributed by atoms with Gasteiger partial charge in [0.15, 0.2) is 5.13 Å². The maximum absolute atomic E-state index is 12.5. The van der Waals surface area contributed by atoms with Crippen LogP contribution >= 0.6 is 11.3 Å². The van der Waals surface area contributed by atoms with Crippen molar-refractivity contribution in [2.24, 2.45) is 0 Å². The summed E-state index contributed by atoms with van der Waals surface area (Å²) in [5.41, 5.74) is 5.85. The second-order valence-electron chi connectivity index (χ2n) is 5.05. The van der Waals surface area contributed by atoms with E-state index in [0.29, 0.717) is 22.6 Å². The Morgan fingerprint density at radius 3 is 2.76 bits per heavy atom. The van der Waals surface area contributed by atoms with Gasteiger partial charge in [0.1, 0.15) is 10.7 Å². The average Bonchev–Trinajstić information content (AvgIpc) is 3.19. The van der Waals surface area contributed by atoms with E-state index in [1.807, 2.05) is 6.92 Å². The van der Waals surface area contributed by atoms with Crippen molar-refractivity contribution >= 4 is 34.1 Å². The van der Waals surface area contributed by atoms with Gasteiger partial charge < -0.3 is 21.3 Å². The number of carbonyl (C=O) groups excluding carboxylic acids is 2. The minimum atomic E-state index is -0.237. The maximum atomic E-state index is 12.5. The van der Waals surface area contributed by atoms with E-state index < -0.39 is 0 Å². The van der Waals surface area contributed by atoms with Gasteiger partial charge >= 0.3 is 0 Å². The third-order valence-electron chi connectivity index (χ3n) is 3.15. The maximum Gasteiger partial charge on any atom is 0.268 e. The zero-order valence-corrected chi connectivity index (χ0v) is 13.1. The molecule has 2 rings (SSSR count). The van der Waals surface area contributed by atoms with Gasteiger partial charge in [-0.1, -0.05) is 18.3 Å². The molecule has 1 fully saturated rings. The molecule has 0 saturated heterocycles. The van der Waals surface area contributed by atoms with E-state index in [9.17, 15) is 9.59 Å². The van der Waals surface area contributed by atoms with Gasteiger partial charge in [-0.15, -0.1) is 0 Å². The molecule has 0 aromatic carbocycles. The Labute approximate surface area is 127 Å². The van der Waals surface area contributed by atoms with Crippen molar-refractivity contribution in [2.45, 2.75) is 32.2 Å². The largest absolute Gasteiger partial charge is 0.382 e. The van der Waals surface area contributed by atoms with Crippen molar-refractivity contribution in [1.29, 1.82) is 0 Å². The van der Waals surface area contributed by atoms with Gasteiger partial charge in [0.25, 0.3) is 5.91 Å². The van der Waals surface area contributed by atoms with Gasteiger partial charge in [-0.3, -0.25) is 9.59 Å². The van der Waals surface area contributed by atoms with E-state index in [1.165, 1.54) is 16.2 Å². The first-order chi connectivity index (χ1) is 10.0. The zero-order chi connectivity index (χ0) is 15.4. The van der Waals surface area contributed by atoms with Crippen LogP contribution in [-0.2, 0) is 4.79 Å². The van der Waals surface area contributed by atoms with Crippen LogP contribution in [0.25, 0.3) is 0 Å². The topological polar surface area (TPSA) is 100 Å². The van der Waals surface area contributed by atoms with Crippen LogP contribution in [0.5, 0.6) is 0 Å². The molecular formula is C13H21N5O2S. The third kappa shape index (κ3) is 4.07. The quantitative estimate of drug-likeness (QED) is 0.694. The Balaban J connectivity index is 2.10. The van der Waals surface area contributed by atoms with Gasteiger partial charge in [-0.05, 0) is 19.3 Å². The van der Waals surface area contributed by atoms with Crippen LogP contribution in [0.15, 0.2) is 0 Å². The first kappa shape index (κ1) is 15.6. The lowest BCUT2D eigenvalue weighted by atomic mass is 10.3. The Kier molecular flexibility index (Phi) is 5.00. The highest BCUT2D eigenvalue weighted by molar-refractivity contribution is 7.18. The molecule has 21 heavy (non-hydrogen) atoms. The highest BCUT2D eigenvalue weighted by Gasteiger charge is 2.26. The molecule has 0 bridgehead atoms. The molecule has 0 atom stereocenters. The van der Waals surface area contributed by atoms with Crippen molar-refractivity contribution in [3.8, 4) is 0 Å². The van der Waals surface area contributed by atoms with Crippen molar-refractivity contribution in [1.82, 2.24) is 15.2 Å². The predicted molar refractivity (Wildman–Crippen MR) is 83.4 cm³/mol. The Hall–Kier alpha value is -1.83. The molecule has 4 N–H and O–H groups in total. The number of anilines is 2. The number of aromatic nitrogens is 1. The summed E-state index contributed by atoms with van der Waals surface area (Å²) in [6, 6.07) is 0.455. The number of rotatable bonds is 7. The molecule has 0 aliphatic heterocycles. The Morgan fingerprint density at radius 1 is 1.48 bits per heavy atom. The normalized spacial score (nSPS) is 13.8. The van der Waals surface area contributed by atoms with Crippen LogP contribution in [0.2, 0.25) is 0 Å². The molecule has 1 heterocycles. The summed E-state index contributed by atoms with van der Waals surface area (Å²) in [6.07, 6.45) is 3.03. The molecule has 1 saturated carbocycles. The minimum Gasteiger partial charge on any atom is -0.382 e. The van der Waals surface area contributed by atoms with Crippen molar-refractivity contribution in [2.75, 3.05) is 31.2 Å². The first-order valence-electron chi connectivity index (χ1n) is 7.07. The number of hydrogen-bond acceptors (Lipinski definition) is 6. The fraction of sp³-hybridized carbons (Fsp3) is 0.615. The number of amides is 2. The molecule has 1 aromatic heterocycles. The lowest BCUT2D eigenvalue weighted by molar-refractivity contribution is -0.121. The summed E-state index contributed by atoms with van der Waals surface area (Å²) in [4.78, 5) is 30.1. The molecular weight excluding hydrogens is 290 g/mol. The van der Waals surface area contributed by atoms with Crippen LogP contribution in [0.3, 0.4) is 0 Å². The van der Waals surface area contributed by atoms with Crippen molar-refractivity contribution in [3.63, 3.8) is 0 Å². The summed E-state index contributed by atoms with van der Waals surface area (Å²) in [7, 11) is 1.55. The zero-order valence-electron chi connectivity index (χ0n) is 12.3. The SMILES string of the molecule is CCCN(CC(=O)NC)C(=O)c1sc(NC2CC2)nc1N. The number of thiazole rings is 1. The number of likely N-dealkylation sites (N-methyl/N-ethyl adjacent to an activating group) is 1. The van der Waals surface area contributed by atoms with Crippen LogP contribution in [0, 0.1) is 0 Å². The van der Waals surface area contributed by atoms with Gasteiger partial charge in [0.2, 0.25) is 5.91 Å². The van der Waals surface area contributed by atoms with Crippen LogP contribution in [0.1, 0.15) is 35.9 Å². The summed E-state index contributed by atoms with van der Waals surface area (Å²) >= 11 is 1.25. The van der Waals surface area contributed by atoms with Gasteiger partial charge in [0, 0.05) is 19.6 Å². The van der Waals surface area contributed by atoms with E-state index in [4.69, 9.17) is 5.73 Å². The van der Waals surface area contributed by atoms with E-state index in [0.717, 1.165) is 19.3 Å². The monoisotopic (exact) mass is 311 g/mol. The fourth-order valence-corrected chi connectivity index (χ4v) is 2.80. The van der Waals surface area contributed by atoms with Crippen molar-refractivity contribution in [3.05, 3.63) is 4.88 Å². The Bertz CT molecular complexity index is 527. The summed E-state index contributed by atoms with van der Waals surface area (Å²) in [5, 5.41) is 6.43. The second-order valence-corrected chi connectivity index (χ2v) is 6.05. The molecule has 1 aliphatic carbocycles. The lowest BCUT2D eigenvalue weighted by Gasteiger charge is -2.20. The molecule has 0 radical (unpaired) electrons. The molecule has 7 nitrogen and oxygen atoms in total. The molecule has 0 unspecified atom stereocenters. The van der Waals surface area contributed by atoms with Gasteiger partial charge in [-0.25, -0.2) is 4.98 Å². The standard InChI is InChI=1S/C13H21N5O2S/c1-3-6-18(7-9(19)15-2)12(20)10-11(14)17-13(21-10)16-8-4-5-8/h8H,3-7,14H2,1-2H3,(H,15,19)(H,16,17). The molecule has 0 spiro atoms. The number of nitrogens with two attached hydrogens (primary N) is 1. The first-order valence-corrected chi connectivity index (χ1v) is 7.89. The van der Waals surface area contributed by atoms with Crippen molar-refractivity contribution < 1.29 is 9.59 Å². The van der Waals surface area contributed by atoms with E-state index in [-0.39, 0.29) is 24.2 Å². The van der Waals surface area contributed by atoms with Gasteiger partial charge in [-0.2, -0.15) is 0 Å². The molecule has 1 aromatic rings. The smallest absolute Gasteiger partial charge is 0.268 e. The number of nitrogens with one attached hydrogen (secondary N) is 2. The summed E-state index contributed by atoms with van der Waals surface area (Å²) < 4.78 is 0. The van der Waals surface area contributed by atoms with Gasteiger partial charge in [0.05, 0.1) is 6.54 Å². The van der Waals surface area contributed by atoms with E-state index >= 15 is 0 Å². The van der Waals surface area contributed by atoms with Crippen LogP contribution in [-0.4, -0.2) is 47.9 Å². The highest BCUT2D eigenvalue weighted by Crippen LogP contribution is 2.31. The van der Waals surface area contributed by atoms with E-state index in [2.05, 4.69) is 15.6 Å².